The molecule has 1 rings (SSSR count). The molecule has 0 aromatic carbocycles. The first-order chi connectivity index (χ1) is 12.4. The van der Waals surface area contributed by atoms with Crippen molar-refractivity contribution in [1.82, 2.24) is 15.7 Å². The molecule has 1 amide bonds. The van der Waals surface area contributed by atoms with E-state index in [2.05, 4.69) is 9.68 Å². The Morgan fingerprint density at radius 1 is 0.885 bits per heavy atom. The maximum absolute atomic E-state index is 12.0. The van der Waals surface area contributed by atoms with Crippen LogP contribution in [0.15, 0.2) is 0 Å². The average Bonchev–Trinajstić information content (AvgIpc) is 3.06. The molecule has 13 nitrogen and oxygen atoms in total. The van der Waals surface area contributed by atoms with Crippen molar-refractivity contribution in [2.75, 3.05) is 33.0 Å². The lowest BCUT2D eigenvalue weighted by Gasteiger charge is -2.22. The standard InChI is InChI=1S/C13H25N3O10/c17-12(23-8-4-10-26-16(21)22)11-5-3-6-14(11)13(18)24-7-1-2-9-25-15(19)20/h11,19-22H,1-10H2. The molecule has 4 N–H and O–H groups in total. The zero-order valence-electron chi connectivity index (χ0n) is 14.2. The number of hydrogen-bond acceptors (Lipinski definition) is 12. The number of unbranched alkanes of at least 4 members (excludes halogenated alkanes) is 1. The number of carbonyl (C=O) groups excluding carboxylic acids is 2. The summed E-state index contributed by atoms with van der Waals surface area (Å²) in [6.07, 6.45) is 1.66. The van der Waals surface area contributed by atoms with Crippen molar-refractivity contribution in [3.05, 3.63) is 0 Å². The third-order valence-electron chi connectivity index (χ3n) is 3.47. The van der Waals surface area contributed by atoms with Crippen LogP contribution in [0.1, 0.15) is 32.1 Å². The van der Waals surface area contributed by atoms with Crippen LogP contribution in [0.25, 0.3) is 0 Å². The Bertz CT molecular complexity index is 423. The van der Waals surface area contributed by atoms with E-state index in [1.54, 1.807) is 0 Å². The largest absolute Gasteiger partial charge is 0.464 e. The van der Waals surface area contributed by atoms with Crippen molar-refractivity contribution in [2.45, 2.75) is 38.1 Å². The van der Waals surface area contributed by atoms with E-state index in [0.29, 0.717) is 32.2 Å². The maximum atomic E-state index is 12.0. The second-order valence-electron chi connectivity index (χ2n) is 5.37. The predicted octanol–water partition coefficient (Wildman–Crippen LogP) is 0.325. The highest BCUT2D eigenvalue weighted by molar-refractivity contribution is 5.82. The quantitative estimate of drug-likeness (QED) is 0.208. The van der Waals surface area contributed by atoms with E-state index in [-0.39, 0.29) is 38.2 Å². The molecule has 1 heterocycles. The van der Waals surface area contributed by atoms with Crippen LogP contribution in [0, 0.1) is 0 Å². The normalized spacial score (nSPS) is 17.2. The van der Waals surface area contributed by atoms with E-state index in [0.717, 1.165) is 0 Å². The van der Waals surface area contributed by atoms with E-state index in [9.17, 15) is 9.59 Å². The van der Waals surface area contributed by atoms with E-state index >= 15 is 0 Å². The van der Waals surface area contributed by atoms with Gasteiger partial charge in [0.15, 0.2) is 0 Å². The summed E-state index contributed by atoms with van der Waals surface area (Å²) in [4.78, 5) is 34.1. The number of rotatable bonds is 12. The zero-order chi connectivity index (χ0) is 19.4. The van der Waals surface area contributed by atoms with Gasteiger partial charge >= 0.3 is 12.1 Å². The second kappa shape index (κ2) is 12.7. The molecule has 1 aliphatic heterocycles. The molecule has 1 atom stereocenters. The Labute approximate surface area is 149 Å². The van der Waals surface area contributed by atoms with Gasteiger partial charge in [0, 0.05) is 13.0 Å². The van der Waals surface area contributed by atoms with Gasteiger partial charge in [0.1, 0.15) is 6.04 Å². The molecule has 0 aliphatic carbocycles. The fraction of sp³-hybridized carbons (Fsp3) is 0.846. The Morgan fingerprint density at radius 2 is 1.46 bits per heavy atom. The fourth-order valence-electron chi connectivity index (χ4n) is 2.30. The van der Waals surface area contributed by atoms with Gasteiger partial charge in [0.25, 0.3) is 0 Å². The third-order valence-corrected chi connectivity index (χ3v) is 3.47. The van der Waals surface area contributed by atoms with Crippen molar-refractivity contribution in [1.29, 1.82) is 0 Å². The molecular weight excluding hydrogens is 358 g/mol. The lowest BCUT2D eigenvalue weighted by atomic mass is 10.2. The molecular formula is C13H25N3O10. The summed E-state index contributed by atoms with van der Waals surface area (Å²) in [6, 6.07) is -0.712. The van der Waals surface area contributed by atoms with Gasteiger partial charge in [-0.15, -0.1) is 0 Å². The molecule has 0 spiro atoms. The van der Waals surface area contributed by atoms with Gasteiger partial charge in [0.2, 0.25) is 0 Å². The van der Waals surface area contributed by atoms with Gasteiger partial charge in [0.05, 0.1) is 37.2 Å². The Hall–Kier alpha value is -1.58. The molecule has 0 aromatic heterocycles. The van der Waals surface area contributed by atoms with Crippen molar-refractivity contribution < 1.29 is 49.6 Å². The minimum absolute atomic E-state index is 0.0127. The van der Waals surface area contributed by atoms with E-state index in [4.69, 9.17) is 30.3 Å². The first-order valence-electron chi connectivity index (χ1n) is 8.13. The number of esters is 1. The third kappa shape index (κ3) is 9.21. The lowest BCUT2D eigenvalue weighted by molar-refractivity contribution is -0.492. The summed E-state index contributed by atoms with van der Waals surface area (Å²) in [5, 5.41) is 32.5. The van der Waals surface area contributed by atoms with Crippen molar-refractivity contribution in [2.24, 2.45) is 0 Å². The molecule has 26 heavy (non-hydrogen) atoms. The first-order valence-corrected chi connectivity index (χ1v) is 8.13. The number of carbonyl (C=O) groups is 2. The molecule has 1 unspecified atom stereocenters. The molecule has 0 bridgehead atoms. The van der Waals surface area contributed by atoms with Crippen LogP contribution < -0.4 is 0 Å². The average molecular weight is 383 g/mol. The minimum Gasteiger partial charge on any atom is -0.464 e. The fourth-order valence-corrected chi connectivity index (χ4v) is 2.30. The molecule has 1 aliphatic rings. The molecule has 1 saturated heterocycles. The van der Waals surface area contributed by atoms with Crippen molar-refractivity contribution >= 4 is 12.1 Å². The summed E-state index contributed by atoms with van der Waals surface area (Å²) < 4.78 is 10.1. The lowest BCUT2D eigenvalue weighted by Crippen LogP contribution is -2.42. The smallest absolute Gasteiger partial charge is 0.410 e. The van der Waals surface area contributed by atoms with Crippen LogP contribution in [0.3, 0.4) is 0 Å². The highest BCUT2D eigenvalue weighted by atomic mass is 17.1. The first kappa shape index (κ1) is 22.5. The predicted molar refractivity (Wildman–Crippen MR) is 78.6 cm³/mol. The maximum Gasteiger partial charge on any atom is 0.410 e. The van der Waals surface area contributed by atoms with Crippen LogP contribution in [0.5, 0.6) is 0 Å². The molecule has 152 valence electrons. The van der Waals surface area contributed by atoms with Gasteiger partial charge < -0.3 is 9.47 Å². The molecule has 0 radical (unpaired) electrons. The Balaban J connectivity index is 2.21. The Morgan fingerprint density at radius 3 is 2.12 bits per heavy atom. The van der Waals surface area contributed by atoms with Crippen LogP contribution in [-0.2, 0) is 23.9 Å². The molecule has 13 heteroatoms. The van der Waals surface area contributed by atoms with Gasteiger partial charge in [-0.25, -0.2) is 9.59 Å². The zero-order valence-corrected chi connectivity index (χ0v) is 14.2. The molecule has 1 fully saturated rings. The highest BCUT2D eigenvalue weighted by Crippen LogP contribution is 2.19. The number of amides is 1. The summed E-state index contributed by atoms with van der Waals surface area (Å²) >= 11 is 0. The topological polar surface area (TPSA) is 162 Å². The van der Waals surface area contributed by atoms with Crippen LogP contribution in [0.4, 0.5) is 4.79 Å². The highest BCUT2D eigenvalue weighted by Gasteiger charge is 2.36. The number of ether oxygens (including phenoxy) is 2. The number of hydrogen-bond donors (Lipinski definition) is 4. The van der Waals surface area contributed by atoms with E-state index < -0.39 is 23.5 Å². The van der Waals surface area contributed by atoms with Crippen molar-refractivity contribution in [3.8, 4) is 0 Å². The van der Waals surface area contributed by atoms with Crippen LogP contribution in [-0.4, -0.2) is 87.6 Å². The minimum atomic E-state index is -0.712. The van der Waals surface area contributed by atoms with E-state index in [1.807, 2.05) is 0 Å². The summed E-state index contributed by atoms with van der Waals surface area (Å²) in [5.74, 6) is -0.552. The molecule has 0 aromatic rings. The van der Waals surface area contributed by atoms with E-state index in [1.165, 1.54) is 4.90 Å². The summed E-state index contributed by atoms with van der Waals surface area (Å²) in [7, 11) is 0. The van der Waals surface area contributed by atoms with Crippen molar-refractivity contribution in [3.63, 3.8) is 0 Å². The second-order valence-corrected chi connectivity index (χ2v) is 5.37. The SMILES string of the molecule is O=C(OCCCON(O)O)C1CCCN1C(=O)OCCCCON(O)O. The molecule has 0 saturated carbocycles. The summed E-state index contributed by atoms with van der Waals surface area (Å²) in [6.45, 7) is 0.507. The summed E-state index contributed by atoms with van der Waals surface area (Å²) in [5.41, 5.74) is 0. The van der Waals surface area contributed by atoms with Gasteiger partial charge in [-0.3, -0.25) is 35.4 Å². The number of nitrogens with zero attached hydrogens (tertiary/aromatic N) is 3. The van der Waals surface area contributed by atoms with Crippen LogP contribution in [0.2, 0.25) is 0 Å². The van der Waals surface area contributed by atoms with Gasteiger partial charge in [-0.05, 0) is 25.7 Å². The monoisotopic (exact) mass is 383 g/mol. The van der Waals surface area contributed by atoms with Gasteiger partial charge in [-0.2, -0.15) is 0 Å². The van der Waals surface area contributed by atoms with Crippen LogP contribution >= 0.6 is 0 Å². The van der Waals surface area contributed by atoms with Gasteiger partial charge in [-0.1, -0.05) is 0 Å². The Kier molecular flexibility index (Phi) is 11.0. The number of likely N-dealkylation sites (tertiary alicyclic amines) is 1.